The maximum absolute atomic E-state index is 12.3. The molecule has 0 saturated carbocycles. The fourth-order valence-corrected chi connectivity index (χ4v) is 2.78. The van der Waals surface area contributed by atoms with Crippen LogP contribution in [0.3, 0.4) is 0 Å². The van der Waals surface area contributed by atoms with Crippen molar-refractivity contribution in [1.29, 1.82) is 0 Å². The number of nitrogens with two attached hydrogens (primary N) is 1. The molecular weight excluding hydrogens is 264 g/mol. The molecule has 116 valence electrons. The SMILES string of the molecule is Cc1cc(C)c2c(c1)[C@H](N)CCN(C(=O)OC(C)(C)C)C2. The first-order valence-electron chi connectivity index (χ1n) is 7.51. The third-order valence-electron chi connectivity index (χ3n) is 3.76. The van der Waals surface area contributed by atoms with Gasteiger partial charge in [-0.05, 0) is 57.7 Å². The molecule has 1 heterocycles. The summed E-state index contributed by atoms with van der Waals surface area (Å²) in [6.07, 6.45) is 0.498. The van der Waals surface area contributed by atoms with Gasteiger partial charge in [0.25, 0.3) is 0 Å². The van der Waals surface area contributed by atoms with Crippen LogP contribution in [0.15, 0.2) is 12.1 Å². The van der Waals surface area contributed by atoms with Crippen molar-refractivity contribution in [3.05, 3.63) is 34.4 Å². The van der Waals surface area contributed by atoms with Crippen molar-refractivity contribution in [1.82, 2.24) is 4.90 Å². The van der Waals surface area contributed by atoms with Crippen molar-refractivity contribution in [2.75, 3.05) is 6.54 Å². The predicted octanol–water partition coefficient (Wildman–Crippen LogP) is 3.44. The Labute approximate surface area is 127 Å². The van der Waals surface area contributed by atoms with E-state index in [1.54, 1.807) is 4.90 Å². The summed E-state index contributed by atoms with van der Waals surface area (Å²) < 4.78 is 5.49. The standard InChI is InChI=1S/C17H26N2O2/c1-11-8-12(2)14-10-19(16(20)21-17(3,4)5)7-6-15(18)13(14)9-11/h8-9,15H,6-7,10,18H2,1-5H3/t15-/m1/s1. The number of hydrogen-bond acceptors (Lipinski definition) is 3. The van der Waals surface area contributed by atoms with E-state index in [1.165, 1.54) is 16.7 Å². The van der Waals surface area contributed by atoms with E-state index in [4.69, 9.17) is 10.5 Å². The first-order valence-corrected chi connectivity index (χ1v) is 7.51. The summed E-state index contributed by atoms with van der Waals surface area (Å²) in [5.74, 6) is 0. The molecular formula is C17H26N2O2. The number of aryl methyl sites for hydroxylation is 2. The lowest BCUT2D eigenvalue weighted by molar-refractivity contribution is 0.0234. The lowest BCUT2D eigenvalue weighted by Crippen LogP contribution is -2.36. The molecule has 0 bridgehead atoms. The normalized spacial score (nSPS) is 19.0. The Bertz CT molecular complexity index is 546. The number of rotatable bonds is 0. The van der Waals surface area contributed by atoms with Crippen LogP contribution in [0.4, 0.5) is 4.79 Å². The van der Waals surface area contributed by atoms with Crippen molar-refractivity contribution in [3.63, 3.8) is 0 Å². The first-order chi connectivity index (χ1) is 9.67. The zero-order valence-electron chi connectivity index (χ0n) is 13.7. The molecule has 1 aliphatic heterocycles. The Kier molecular flexibility index (Phi) is 4.28. The highest BCUT2D eigenvalue weighted by atomic mass is 16.6. The zero-order chi connectivity index (χ0) is 15.8. The van der Waals surface area contributed by atoms with E-state index in [0.717, 1.165) is 12.0 Å². The van der Waals surface area contributed by atoms with Crippen molar-refractivity contribution < 1.29 is 9.53 Å². The molecule has 1 amide bonds. The third kappa shape index (κ3) is 3.76. The lowest BCUT2D eigenvalue weighted by atomic mass is 9.94. The third-order valence-corrected chi connectivity index (χ3v) is 3.76. The molecule has 2 rings (SSSR count). The van der Waals surface area contributed by atoms with Gasteiger partial charge in [-0.3, -0.25) is 0 Å². The fourth-order valence-electron chi connectivity index (χ4n) is 2.78. The van der Waals surface area contributed by atoms with Crippen LogP contribution >= 0.6 is 0 Å². The molecule has 0 saturated heterocycles. The molecule has 0 unspecified atom stereocenters. The smallest absolute Gasteiger partial charge is 0.410 e. The number of benzene rings is 1. The van der Waals surface area contributed by atoms with Crippen molar-refractivity contribution in [3.8, 4) is 0 Å². The summed E-state index contributed by atoms with van der Waals surface area (Å²) in [4.78, 5) is 14.1. The minimum absolute atomic E-state index is 0.0222. The van der Waals surface area contributed by atoms with Crippen LogP contribution < -0.4 is 5.73 Å². The Hall–Kier alpha value is -1.55. The topological polar surface area (TPSA) is 55.6 Å². The second-order valence-electron chi connectivity index (χ2n) is 6.95. The molecule has 1 aromatic carbocycles. The molecule has 1 atom stereocenters. The molecule has 2 N–H and O–H groups in total. The Morgan fingerprint density at radius 3 is 2.62 bits per heavy atom. The second-order valence-corrected chi connectivity index (χ2v) is 6.95. The van der Waals surface area contributed by atoms with Crippen molar-refractivity contribution in [2.24, 2.45) is 5.73 Å². The summed E-state index contributed by atoms with van der Waals surface area (Å²) in [6, 6.07) is 4.27. The van der Waals surface area contributed by atoms with Crippen LogP contribution in [-0.4, -0.2) is 23.1 Å². The number of carbonyl (C=O) groups is 1. The van der Waals surface area contributed by atoms with E-state index in [9.17, 15) is 4.79 Å². The monoisotopic (exact) mass is 290 g/mol. The number of amides is 1. The maximum Gasteiger partial charge on any atom is 0.410 e. The molecule has 4 nitrogen and oxygen atoms in total. The molecule has 0 radical (unpaired) electrons. The van der Waals surface area contributed by atoms with Crippen molar-refractivity contribution >= 4 is 6.09 Å². The highest BCUT2D eigenvalue weighted by Crippen LogP contribution is 2.29. The molecule has 4 heteroatoms. The minimum Gasteiger partial charge on any atom is -0.444 e. The van der Waals surface area contributed by atoms with E-state index in [-0.39, 0.29) is 12.1 Å². The van der Waals surface area contributed by atoms with Gasteiger partial charge in [-0.1, -0.05) is 17.7 Å². The predicted molar refractivity (Wildman–Crippen MR) is 84.1 cm³/mol. The molecule has 0 aliphatic carbocycles. The number of fused-ring (bicyclic) bond motifs is 1. The molecule has 1 aromatic rings. The summed E-state index contributed by atoms with van der Waals surface area (Å²) in [6.45, 7) is 11.0. The lowest BCUT2D eigenvalue weighted by Gasteiger charge is -2.27. The summed E-state index contributed by atoms with van der Waals surface area (Å²) in [5.41, 5.74) is 10.6. The van der Waals surface area contributed by atoms with Gasteiger partial charge < -0.3 is 15.4 Å². The van der Waals surface area contributed by atoms with Gasteiger partial charge >= 0.3 is 6.09 Å². The minimum atomic E-state index is -0.476. The van der Waals surface area contributed by atoms with Crippen LogP contribution in [0, 0.1) is 13.8 Å². The van der Waals surface area contributed by atoms with Crippen LogP contribution in [0.25, 0.3) is 0 Å². The van der Waals surface area contributed by atoms with Gasteiger partial charge in [-0.2, -0.15) is 0 Å². The zero-order valence-corrected chi connectivity index (χ0v) is 13.7. The van der Waals surface area contributed by atoms with Gasteiger partial charge in [-0.25, -0.2) is 4.79 Å². The molecule has 0 spiro atoms. The second kappa shape index (κ2) is 5.68. The van der Waals surface area contributed by atoms with E-state index in [2.05, 4.69) is 26.0 Å². The van der Waals surface area contributed by atoms with E-state index >= 15 is 0 Å². The molecule has 0 aromatic heterocycles. The van der Waals surface area contributed by atoms with Gasteiger partial charge in [0, 0.05) is 19.1 Å². The largest absolute Gasteiger partial charge is 0.444 e. The highest BCUT2D eigenvalue weighted by Gasteiger charge is 2.27. The highest BCUT2D eigenvalue weighted by molar-refractivity contribution is 5.68. The van der Waals surface area contributed by atoms with Gasteiger partial charge in [0.05, 0.1) is 0 Å². The summed E-state index contributed by atoms with van der Waals surface area (Å²) in [5, 5.41) is 0. The first kappa shape index (κ1) is 15.8. The van der Waals surface area contributed by atoms with Crippen LogP contribution in [-0.2, 0) is 11.3 Å². The number of carbonyl (C=O) groups excluding carboxylic acids is 1. The Balaban J connectivity index is 2.29. The summed E-state index contributed by atoms with van der Waals surface area (Å²) >= 11 is 0. The molecule has 0 fully saturated rings. The molecule has 1 aliphatic rings. The van der Waals surface area contributed by atoms with E-state index in [0.29, 0.717) is 13.1 Å². The van der Waals surface area contributed by atoms with Gasteiger partial charge in [0.2, 0.25) is 0 Å². The van der Waals surface area contributed by atoms with Gasteiger partial charge in [-0.15, -0.1) is 0 Å². The maximum atomic E-state index is 12.3. The number of hydrogen-bond donors (Lipinski definition) is 1. The Morgan fingerprint density at radius 1 is 1.33 bits per heavy atom. The number of nitrogens with zero attached hydrogens (tertiary/aromatic N) is 1. The average Bonchev–Trinajstić information content (AvgIpc) is 2.48. The van der Waals surface area contributed by atoms with Gasteiger partial charge in [0.1, 0.15) is 5.60 Å². The summed E-state index contributed by atoms with van der Waals surface area (Å²) in [7, 11) is 0. The average molecular weight is 290 g/mol. The fraction of sp³-hybridized carbons (Fsp3) is 0.588. The van der Waals surface area contributed by atoms with Crippen LogP contribution in [0.1, 0.15) is 55.5 Å². The van der Waals surface area contributed by atoms with E-state index < -0.39 is 5.60 Å². The quantitative estimate of drug-likeness (QED) is 0.796. The van der Waals surface area contributed by atoms with Gasteiger partial charge in [0.15, 0.2) is 0 Å². The Morgan fingerprint density at radius 2 is 2.00 bits per heavy atom. The van der Waals surface area contributed by atoms with Crippen molar-refractivity contribution in [2.45, 2.75) is 59.2 Å². The van der Waals surface area contributed by atoms with Crippen LogP contribution in [0.2, 0.25) is 0 Å². The van der Waals surface area contributed by atoms with Crippen LogP contribution in [0.5, 0.6) is 0 Å². The number of ether oxygens (including phenoxy) is 1. The van der Waals surface area contributed by atoms with E-state index in [1.807, 2.05) is 20.8 Å². The molecule has 21 heavy (non-hydrogen) atoms.